The molecule has 0 spiro atoms. The maximum atomic E-state index is 11.7. The van der Waals surface area contributed by atoms with Gasteiger partial charge in [-0.3, -0.25) is 15.1 Å². The zero-order valence-corrected chi connectivity index (χ0v) is 12.6. The molecule has 4 aromatic rings. The number of aromatic nitrogens is 6. The number of benzene rings is 1. The molecule has 0 saturated carbocycles. The van der Waals surface area contributed by atoms with Gasteiger partial charge in [-0.1, -0.05) is 17.3 Å². The van der Waals surface area contributed by atoms with Gasteiger partial charge in [0, 0.05) is 18.1 Å². The van der Waals surface area contributed by atoms with E-state index in [2.05, 4.69) is 30.6 Å². The normalized spacial score (nSPS) is 10.7. The molecular weight excluding hydrogens is 324 g/mol. The average Bonchev–Trinajstić information content (AvgIpc) is 3.06. The minimum absolute atomic E-state index is 0.0326. The second-order valence-corrected chi connectivity index (χ2v) is 5.00. The molecule has 0 unspecified atom stereocenters. The molecule has 1 N–H and O–H groups in total. The van der Waals surface area contributed by atoms with Crippen LogP contribution in [0.3, 0.4) is 0 Å². The van der Waals surface area contributed by atoms with Crippen LogP contribution in [0.1, 0.15) is 0 Å². The van der Waals surface area contributed by atoms with E-state index >= 15 is 0 Å². The summed E-state index contributed by atoms with van der Waals surface area (Å²) in [5, 5.41) is 22.6. The first-order valence-electron chi connectivity index (χ1n) is 7.21. The lowest BCUT2D eigenvalue weighted by atomic mass is 10.3. The number of nitro groups is 1. The summed E-state index contributed by atoms with van der Waals surface area (Å²) in [6, 6.07) is 10.5. The van der Waals surface area contributed by atoms with Crippen molar-refractivity contribution in [1.29, 1.82) is 0 Å². The van der Waals surface area contributed by atoms with Gasteiger partial charge in [-0.05, 0) is 24.3 Å². The van der Waals surface area contributed by atoms with Gasteiger partial charge in [-0.25, -0.2) is 9.97 Å². The Bertz CT molecular complexity index is 1060. The predicted octanol–water partition coefficient (Wildman–Crippen LogP) is 2.26. The quantitative estimate of drug-likeness (QED) is 0.445. The summed E-state index contributed by atoms with van der Waals surface area (Å²) in [4.78, 5) is 23.1. The first-order valence-corrected chi connectivity index (χ1v) is 7.21. The van der Waals surface area contributed by atoms with E-state index < -0.39 is 4.92 Å². The van der Waals surface area contributed by atoms with E-state index in [9.17, 15) is 10.1 Å². The van der Waals surface area contributed by atoms with E-state index in [0.29, 0.717) is 16.7 Å². The minimum Gasteiger partial charge on any atom is -0.334 e. The highest BCUT2D eigenvalue weighted by Crippen LogP contribution is 2.30. The molecule has 0 atom stereocenters. The summed E-state index contributed by atoms with van der Waals surface area (Å²) >= 11 is 0. The number of nitrogens with zero attached hydrogens (tertiary/aromatic N) is 7. The van der Waals surface area contributed by atoms with Gasteiger partial charge in [0.15, 0.2) is 0 Å². The summed E-state index contributed by atoms with van der Waals surface area (Å²) in [7, 11) is 0. The molecule has 0 aliphatic heterocycles. The lowest BCUT2D eigenvalue weighted by Gasteiger charge is -2.08. The summed E-state index contributed by atoms with van der Waals surface area (Å²) in [6.07, 6.45) is 4.38. The number of hydrogen-bond acceptors (Lipinski definition) is 8. The molecule has 0 amide bonds. The molecule has 0 bridgehead atoms. The first-order chi connectivity index (χ1) is 12.2. The number of nitrogens with one attached hydrogen (secondary N) is 1. The van der Waals surface area contributed by atoms with Crippen molar-refractivity contribution in [2.45, 2.75) is 0 Å². The van der Waals surface area contributed by atoms with Crippen molar-refractivity contribution in [2.75, 3.05) is 5.32 Å². The van der Waals surface area contributed by atoms with Gasteiger partial charge in [0.25, 0.3) is 0 Å². The van der Waals surface area contributed by atoms with Crippen molar-refractivity contribution in [3.05, 3.63) is 65.2 Å². The third-order valence-corrected chi connectivity index (χ3v) is 3.48. The molecule has 10 nitrogen and oxygen atoms in total. The number of fused-ring (bicyclic) bond motifs is 1. The Kier molecular flexibility index (Phi) is 3.47. The summed E-state index contributed by atoms with van der Waals surface area (Å²) in [5.74, 6) is 0.0889. The molecule has 122 valence electrons. The third kappa shape index (κ3) is 2.61. The van der Waals surface area contributed by atoms with Crippen LogP contribution in [0.2, 0.25) is 0 Å². The molecule has 3 aromatic heterocycles. The second-order valence-electron chi connectivity index (χ2n) is 5.00. The maximum Gasteiger partial charge on any atom is 0.356 e. The Morgan fingerprint density at radius 1 is 1.08 bits per heavy atom. The Labute approximate surface area is 140 Å². The van der Waals surface area contributed by atoms with Gasteiger partial charge in [0.05, 0.1) is 10.4 Å². The molecule has 0 saturated heterocycles. The van der Waals surface area contributed by atoms with E-state index in [1.165, 1.54) is 11.0 Å². The zero-order chi connectivity index (χ0) is 17.2. The van der Waals surface area contributed by atoms with E-state index in [0.717, 1.165) is 0 Å². The monoisotopic (exact) mass is 334 g/mol. The van der Waals surface area contributed by atoms with Gasteiger partial charge in [0.1, 0.15) is 11.8 Å². The summed E-state index contributed by atoms with van der Waals surface area (Å²) in [6.45, 7) is 0. The largest absolute Gasteiger partial charge is 0.356 e. The van der Waals surface area contributed by atoms with Crippen LogP contribution in [0.5, 0.6) is 0 Å². The molecule has 0 aliphatic rings. The first kappa shape index (κ1) is 14.6. The van der Waals surface area contributed by atoms with E-state index in [-0.39, 0.29) is 17.3 Å². The topological polar surface area (TPSA) is 125 Å². The van der Waals surface area contributed by atoms with E-state index in [1.54, 1.807) is 42.7 Å². The van der Waals surface area contributed by atoms with Crippen LogP contribution in [0, 0.1) is 10.1 Å². The molecular formula is C15H10N8O2. The Morgan fingerprint density at radius 3 is 2.68 bits per heavy atom. The lowest BCUT2D eigenvalue weighted by molar-refractivity contribution is -0.384. The smallest absolute Gasteiger partial charge is 0.334 e. The van der Waals surface area contributed by atoms with Crippen molar-refractivity contribution in [3.63, 3.8) is 0 Å². The summed E-state index contributed by atoms with van der Waals surface area (Å²) in [5.41, 5.74) is 1.54. The molecule has 0 radical (unpaired) electrons. The highest BCUT2D eigenvalue weighted by Gasteiger charge is 2.26. The Balaban J connectivity index is 1.89. The van der Waals surface area contributed by atoms with E-state index in [4.69, 9.17) is 0 Å². The van der Waals surface area contributed by atoms with Crippen molar-refractivity contribution in [2.24, 2.45) is 0 Å². The van der Waals surface area contributed by atoms with Crippen molar-refractivity contribution in [1.82, 2.24) is 29.9 Å². The van der Waals surface area contributed by atoms with Gasteiger partial charge >= 0.3 is 5.69 Å². The Morgan fingerprint density at radius 2 is 1.88 bits per heavy atom. The number of rotatable bonds is 4. The van der Waals surface area contributed by atoms with Crippen molar-refractivity contribution >= 4 is 28.2 Å². The maximum absolute atomic E-state index is 11.7. The molecule has 3 heterocycles. The number of hydrogen-bond donors (Lipinski definition) is 1. The van der Waals surface area contributed by atoms with Crippen LogP contribution in [0.25, 0.3) is 16.9 Å². The molecule has 4 rings (SSSR count). The number of pyridine rings is 1. The highest BCUT2D eigenvalue weighted by atomic mass is 16.6. The average molecular weight is 334 g/mol. The van der Waals surface area contributed by atoms with Crippen LogP contribution in [-0.4, -0.2) is 34.9 Å². The zero-order valence-electron chi connectivity index (χ0n) is 12.6. The van der Waals surface area contributed by atoms with Gasteiger partial charge in [0.2, 0.25) is 11.6 Å². The predicted molar refractivity (Wildman–Crippen MR) is 88.6 cm³/mol. The van der Waals surface area contributed by atoms with Crippen molar-refractivity contribution < 1.29 is 4.92 Å². The molecule has 25 heavy (non-hydrogen) atoms. The second kappa shape index (κ2) is 5.92. The fraction of sp³-hybridized carbons (Fsp3) is 0. The third-order valence-electron chi connectivity index (χ3n) is 3.48. The van der Waals surface area contributed by atoms with Crippen LogP contribution < -0.4 is 5.32 Å². The fourth-order valence-electron chi connectivity index (χ4n) is 2.38. The summed E-state index contributed by atoms with van der Waals surface area (Å²) < 4.78 is 1.33. The standard InChI is InChI=1S/C15H10N8O2/c24-23(25)13-14(19-10-5-7-16-8-6-10)17-9-18-15(13)22-12-4-2-1-3-11(12)20-21-22/h1-9H,(H,16,17,18,19). The SMILES string of the molecule is O=[N+]([O-])c1c(Nc2ccncc2)ncnc1-n1nnc2ccccc21. The van der Waals surface area contributed by atoms with Crippen LogP contribution in [-0.2, 0) is 0 Å². The number of anilines is 2. The minimum atomic E-state index is -0.546. The number of para-hydroxylation sites is 1. The fourth-order valence-corrected chi connectivity index (χ4v) is 2.38. The molecule has 0 fully saturated rings. The van der Waals surface area contributed by atoms with Gasteiger partial charge in [-0.15, -0.1) is 5.10 Å². The lowest BCUT2D eigenvalue weighted by Crippen LogP contribution is -2.08. The van der Waals surface area contributed by atoms with Crippen molar-refractivity contribution in [3.8, 4) is 5.82 Å². The molecule has 0 aliphatic carbocycles. The Hall–Kier alpha value is -3.95. The molecule has 10 heteroatoms. The van der Waals surface area contributed by atoms with Gasteiger partial charge < -0.3 is 5.32 Å². The molecule has 1 aromatic carbocycles. The van der Waals surface area contributed by atoms with Crippen LogP contribution in [0.15, 0.2) is 55.1 Å². The highest BCUT2D eigenvalue weighted by molar-refractivity contribution is 5.78. The van der Waals surface area contributed by atoms with Crippen LogP contribution >= 0.6 is 0 Å². The van der Waals surface area contributed by atoms with Gasteiger partial charge in [-0.2, -0.15) is 4.68 Å². The van der Waals surface area contributed by atoms with E-state index in [1.807, 2.05) is 6.07 Å². The van der Waals surface area contributed by atoms with Crippen LogP contribution in [0.4, 0.5) is 17.2 Å².